The molecule has 1 aromatic carbocycles. The van der Waals surface area contributed by atoms with Crippen molar-refractivity contribution in [1.29, 1.82) is 0 Å². The maximum atomic E-state index is 11.0. The highest BCUT2D eigenvalue weighted by molar-refractivity contribution is 5.81. The number of rotatable bonds is 1. The van der Waals surface area contributed by atoms with Gasteiger partial charge in [-0.25, -0.2) is 4.79 Å². The fourth-order valence-corrected chi connectivity index (χ4v) is 1.72. The molecule has 4 heteroatoms. The summed E-state index contributed by atoms with van der Waals surface area (Å²) in [6.07, 6.45) is 1.54. The molecule has 2 heterocycles. The SMILES string of the molecule is O=c1ncc2[nH]c(-c3ccccc3)cc2[nH]1. The number of H-pyrrole nitrogens is 2. The Hall–Kier alpha value is -2.36. The molecular weight excluding hydrogens is 202 g/mol. The molecular formula is C12H9N3O. The van der Waals surface area contributed by atoms with Crippen molar-refractivity contribution in [2.45, 2.75) is 0 Å². The Bertz CT molecular complexity index is 682. The lowest BCUT2D eigenvalue weighted by Gasteiger charge is -1.94. The summed E-state index contributed by atoms with van der Waals surface area (Å²) in [5.74, 6) is 0. The van der Waals surface area contributed by atoms with Gasteiger partial charge >= 0.3 is 5.69 Å². The fraction of sp³-hybridized carbons (Fsp3) is 0. The molecule has 0 saturated carbocycles. The molecule has 0 saturated heterocycles. The number of benzene rings is 1. The summed E-state index contributed by atoms with van der Waals surface area (Å²) in [6, 6.07) is 11.8. The van der Waals surface area contributed by atoms with Crippen LogP contribution in [0.1, 0.15) is 0 Å². The predicted octanol–water partition coefficient (Wildman–Crippen LogP) is 1.92. The molecule has 2 aromatic heterocycles. The standard InChI is InChI=1S/C12H9N3O/c16-12-13-7-11-10(15-12)6-9(14-11)8-4-2-1-3-5-8/h1-7,14H,(H,13,15,16). The van der Waals surface area contributed by atoms with E-state index in [1.54, 1.807) is 6.20 Å². The molecule has 2 N–H and O–H groups in total. The highest BCUT2D eigenvalue weighted by Crippen LogP contribution is 2.21. The molecule has 0 aliphatic rings. The van der Waals surface area contributed by atoms with Crippen LogP contribution in [0.3, 0.4) is 0 Å². The van der Waals surface area contributed by atoms with Crippen LogP contribution in [-0.4, -0.2) is 15.0 Å². The summed E-state index contributed by atoms with van der Waals surface area (Å²) >= 11 is 0. The largest absolute Gasteiger partial charge is 0.352 e. The third kappa shape index (κ3) is 1.40. The number of fused-ring (bicyclic) bond motifs is 1. The first-order chi connectivity index (χ1) is 7.83. The van der Waals surface area contributed by atoms with Gasteiger partial charge in [-0.15, -0.1) is 0 Å². The molecule has 0 amide bonds. The van der Waals surface area contributed by atoms with Crippen LogP contribution in [0.25, 0.3) is 22.3 Å². The second kappa shape index (κ2) is 3.34. The monoisotopic (exact) mass is 211 g/mol. The first kappa shape index (κ1) is 8.91. The van der Waals surface area contributed by atoms with Crippen molar-refractivity contribution >= 4 is 11.0 Å². The third-order valence-corrected chi connectivity index (χ3v) is 2.49. The van der Waals surface area contributed by atoms with Crippen LogP contribution in [0.15, 0.2) is 47.4 Å². The zero-order valence-electron chi connectivity index (χ0n) is 8.40. The van der Waals surface area contributed by atoms with Crippen molar-refractivity contribution in [3.8, 4) is 11.3 Å². The molecule has 16 heavy (non-hydrogen) atoms. The Morgan fingerprint density at radius 3 is 2.62 bits per heavy atom. The Morgan fingerprint density at radius 2 is 1.81 bits per heavy atom. The van der Waals surface area contributed by atoms with Crippen LogP contribution in [0.2, 0.25) is 0 Å². The highest BCUT2D eigenvalue weighted by Gasteiger charge is 2.03. The molecule has 0 unspecified atom stereocenters. The summed E-state index contributed by atoms with van der Waals surface area (Å²) in [6.45, 7) is 0. The van der Waals surface area contributed by atoms with Gasteiger partial charge in [-0.3, -0.25) is 0 Å². The molecule has 0 atom stereocenters. The third-order valence-electron chi connectivity index (χ3n) is 2.49. The van der Waals surface area contributed by atoms with E-state index in [-0.39, 0.29) is 5.69 Å². The Labute approximate surface area is 91.0 Å². The molecule has 0 fully saturated rings. The summed E-state index contributed by atoms with van der Waals surface area (Å²) < 4.78 is 0. The average Bonchev–Trinajstić information content (AvgIpc) is 2.73. The normalized spacial score (nSPS) is 10.8. The van der Waals surface area contributed by atoms with Crippen LogP contribution in [0.5, 0.6) is 0 Å². The van der Waals surface area contributed by atoms with Crippen LogP contribution < -0.4 is 5.69 Å². The van der Waals surface area contributed by atoms with Gasteiger partial charge in [0.2, 0.25) is 0 Å². The molecule has 0 aliphatic heterocycles. The lowest BCUT2D eigenvalue weighted by atomic mass is 10.2. The second-order valence-corrected chi connectivity index (χ2v) is 3.56. The number of aromatic amines is 2. The Morgan fingerprint density at radius 1 is 1.00 bits per heavy atom. The lowest BCUT2D eigenvalue weighted by Crippen LogP contribution is -2.07. The molecule has 4 nitrogen and oxygen atoms in total. The summed E-state index contributed by atoms with van der Waals surface area (Å²) in [7, 11) is 0. The maximum absolute atomic E-state index is 11.0. The molecule has 3 aromatic rings. The van der Waals surface area contributed by atoms with E-state index in [0.29, 0.717) is 0 Å². The number of nitrogens with one attached hydrogen (secondary N) is 2. The first-order valence-corrected chi connectivity index (χ1v) is 4.96. The quantitative estimate of drug-likeness (QED) is 0.646. The molecule has 0 spiro atoms. The molecule has 0 bridgehead atoms. The van der Waals surface area contributed by atoms with Crippen molar-refractivity contribution < 1.29 is 0 Å². The minimum Gasteiger partial charge on any atom is -0.352 e. The van der Waals surface area contributed by atoms with E-state index in [9.17, 15) is 4.79 Å². The minimum atomic E-state index is -0.328. The number of hydrogen-bond acceptors (Lipinski definition) is 2. The van der Waals surface area contributed by atoms with E-state index in [2.05, 4.69) is 15.0 Å². The Balaban J connectivity index is 2.23. The van der Waals surface area contributed by atoms with Crippen molar-refractivity contribution in [2.75, 3.05) is 0 Å². The van der Waals surface area contributed by atoms with Gasteiger partial charge in [0, 0.05) is 5.69 Å². The molecule has 3 rings (SSSR count). The van der Waals surface area contributed by atoms with Crippen molar-refractivity contribution in [3.05, 3.63) is 53.1 Å². The first-order valence-electron chi connectivity index (χ1n) is 4.96. The zero-order chi connectivity index (χ0) is 11.0. The van der Waals surface area contributed by atoms with E-state index < -0.39 is 0 Å². The van der Waals surface area contributed by atoms with E-state index >= 15 is 0 Å². The second-order valence-electron chi connectivity index (χ2n) is 3.56. The van der Waals surface area contributed by atoms with Gasteiger partial charge in [-0.2, -0.15) is 4.98 Å². The summed E-state index contributed by atoms with van der Waals surface area (Å²) in [5.41, 5.74) is 3.34. The van der Waals surface area contributed by atoms with Crippen LogP contribution in [-0.2, 0) is 0 Å². The van der Waals surface area contributed by atoms with E-state index in [0.717, 1.165) is 22.3 Å². The molecule has 78 valence electrons. The van der Waals surface area contributed by atoms with Gasteiger partial charge in [-0.1, -0.05) is 30.3 Å². The number of aromatic nitrogens is 3. The van der Waals surface area contributed by atoms with Gasteiger partial charge in [0.05, 0.1) is 17.2 Å². The fourth-order valence-electron chi connectivity index (χ4n) is 1.72. The lowest BCUT2D eigenvalue weighted by molar-refractivity contribution is 1.12. The van der Waals surface area contributed by atoms with Crippen molar-refractivity contribution in [2.24, 2.45) is 0 Å². The number of nitrogens with zero attached hydrogens (tertiary/aromatic N) is 1. The van der Waals surface area contributed by atoms with Crippen LogP contribution in [0.4, 0.5) is 0 Å². The summed E-state index contributed by atoms with van der Waals surface area (Å²) in [5, 5.41) is 0. The van der Waals surface area contributed by atoms with Crippen molar-refractivity contribution in [1.82, 2.24) is 15.0 Å². The highest BCUT2D eigenvalue weighted by atomic mass is 16.1. The minimum absolute atomic E-state index is 0.328. The van der Waals surface area contributed by atoms with E-state index in [4.69, 9.17) is 0 Å². The van der Waals surface area contributed by atoms with Crippen molar-refractivity contribution in [3.63, 3.8) is 0 Å². The number of hydrogen-bond donors (Lipinski definition) is 2. The van der Waals surface area contributed by atoms with Gasteiger partial charge in [0.25, 0.3) is 0 Å². The van der Waals surface area contributed by atoms with Gasteiger partial charge in [0.1, 0.15) is 0 Å². The summed E-state index contributed by atoms with van der Waals surface area (Å²) in [4.78, 5) is 20.6. The smallest absolute Gasteiger partial charge is 0.345 e. The van der Waals surface area contributed by atoms with Crippen LogP contribution >= 0.6 is 0 Å². The average molecular weight is 211 g/mol. The zero-order valence-corrected chi connectivity index (χ0v) is 8.40. The maximum Gasteiger partial charge on any atom is 0.345 e. The Kier molecular flexibility index (Phi) is 1.86. The van der Waals surface area contributed by atoms with E-state index in [1.807, 2.05) is 36.4 Å². The van der Waals surface area contributed by atoms with Gasteiger partial charge in [0.15, 0.2) is 0 Å². The predicted molar refractivity (Wildman–Crippen MR) is 62.2 cm³/mol. The molecule has 0 aliphatic carbocycles. The van der Waals surface area contributed by atoms with E-state index in [1.165, 1.54) is 0 Å². The van der Waals surface area contributed by atoms with Crippen LogP contribution in [0, 0.1) is 0 Å². The molecule has 0 radical (unpaired) electrons. The van der Waals surface area contributed by atoms with Gasteiger partial charge < -0.3 is 9.97 Å². The van der Waals surface area contributed by atoms with Gasteiger partial charge in [-0.05, 0) is 11.6 Å². The topological polar surface area (TPSA) is 61.5 Å².